The van der Waals surface area contributed by atoms with Crippen LogP contribution >= 0.6 is 8.46 Å². The van der Waals surface area contributed by atoms with Gasteiger partial charge >= 0.3 is 0 Å². The Kier molecular flexibility index (Phi) is 4.02. The Morgan fingerprint density at radius 3 is 2.56 bits per heavy atom. The lowest BCUT2D eigenvalue weighted by molar-refractivity contribution is -0.159. The molecule has 0 aromatic carbocycles. The topological polar surface area (TPSA) is 55.8 Å². The van der Waals surface area contributed by atoms with Crippen molar-refractivity contribution in [3.05, 3.63) is 25.3 Å². The number of hydrogen-bond donors (Lipinski definition) is 1. The van der Waals surface area contributed by atoms with Crippen molar-refractivity contribution in [1.29, 1.82) is 0 Å². The van der Waals surface area contributed by atoms with Crippen molar-refractivity contribution < 1.29 is 19.1 Å². The maximum atomic E-state index is 10.7. The standard InChI is InChI=1S/C11H17O4P/c1-5-8-9(15-10(3,4)14-8)11(12,6-2)7-16-13/h5-6,8-9,12H,1-2,7H2,3-4H3/t8-,9-,11?/m0/s1. The smallest absolute Gasteiger partial charge is 0.164 e. The van der Waals surface area contributed by atoms with E-state index in [2.05, 4.69) is 13.2 Å². The third kappa shape index (κ3) is 2.58. The third-order valence-corrected chi connectivity index (χ3v) is 3.16. The van der Waals surface area contributed by atoms with Gasteiger partial charge in [0.2, 0.25) is 0 Å². The lowest BCUT2D eigenvalue weighted by Crippen LogP contribution is -2.47. The molecule has 3 atom stereocenters. The van der Waals surface area contributed by atoms with Crippen LogP contribution in [0.3, 0.4) is 0 Å². The van der Waals surface area contributed by atoms with E-state index < -0.39 is 23.6 Å². The van der Waals surface area contributed by atoms with Gasteiger partial charge in [0.15, 0.2) is 14.2 Å². The van der Waals surface area contributed by atoms with Gasteiger partial charge in [-0.15, -0.1) is 13.2 Å². The van der Waals surface area contributed by atoms with Gasteiger partial charge in [-0.2, -0.15) is 0 Å². The molecule has 1 N–H and O–H groups in total. The molecule has 90 valence electrons. The van der Waals surface area contributed by atoms with Gasteiger partial charge in [-0.3, -0.25) is 4.57 Å². The second kappa shape index (κ2) is 4.76. The van der Waals surface area contributed by atoms with Crippen molar-refractivity contribution >= 4 is 8.46 Å². The molecule has 0 amide bonds. The Hall–Kier alpha value is -0.540. The molecule has 1 fully saturated rings. The second-order valence-corrected chi connectivity index (χ2v) is 4.81. The molecule has 1 unspecified atom stereocenters. The van der Waals surface area contributed by atoms with Crippen LogP contribution < -0.4 is 0 Å². The summed E-state index contributed by atoms with van der Waals surface area (Å²) in [5, 5.41) is 10.3. The fourth-order valence-electron chi connectivity index (χ4n) is 1.72. The van der Waals surface area contributed by atoms with E-state index in [0.717, 1.165) is 0 Å². The number of hydrogen-bond acceptors (Lipinski definition) is 4. The van der Waals surface area contributed by atoms with Crippen LogP contribution in [0.25, 0.3) is 0 Å². The van der Waals surface area contributed by atoms with Crippen LogP contribution in [0.2, 0.25) is 0 Å². The second-order valence-electron chi connectivity index (χ2n) is 4.24. The largest absolute Gasteiger partial charge is 0.382 e. The Balaban J connectivity index is 2.96. The summed E-state index contributed by atoms with van der Waals surface area (Å²) in [6.07, 6.45) is 1.84. The average molecular weight is 244 g/mol. The number of rotatable bonds is 5. The zero-order valence-electron chi connectivity index (χ0n) is 9.55. The van der Waals surface area contributed by atoms with E-state index in [9.17, 15) is 9.67 Å². The van der Waals surface area contributed by atoms with Gasteiger partial charge in [0, 0.05) is 0 Å². The van der Waals surface area contributed by atoms with Crippen molar-refractivity contribution in [3.8, 4) is 0 Å². The van der Waals surface area contributed by atoms with Crippen LogP contribution in [0.15, 0.2) is 25.3 Å². The fraction of sp³-hybridized carbons (Fsp3) is 0.636. The lowest BCUT2D eigenvalue weighted by Gasteiger charge is -2.30. The summed E-state index contributed by atoms with van der Waals surface area (Å²) in [5.41, 5.74) is -1.38. The summed E-state index contributed by atoms with van der Waals surface area (Å²) in [5.74, 6) is -0.791. The Morgan fingerprint density at radius 1 is 1.50 bits per heavy atom. The molecular formula is C11H17O4P. The summed E-state index contributed by atoms with van der Waals surface area (Å²) < 4.78 is 21.8. The maximum absolute atomic E-state index is 10.7. The molecule has 0 radical (unpaired) electrons. The van der Waals surface area contributed by atoms with Crippen molar-refractivity contribution in [2.75, 3.05) is 6.16 Å². The zero-order chi connectivity index (χ0) is 12.4. The van der Waals surface area contributed by atoms with E-state index in [0.29, 0.717) is 0 Å². The molecule has 1 aliphatic rings. The van der Waals surface area contributed by atoms with Crippen LogP contribution in [0.4, 0.5) is 0 Å². The molecule has 4 nitrogen and oxygen atoms in total. The highest BCUT2D eigenvalue weighted by molar-refractivity contribution is 7.23. The normalized spacial score (nSPS) is 32.2. The van der Waals surface area contributed by atoms with Gasteiger partial charge in [-0.1, -0.05) is 12.2 Å². The highest BCUT2D eigenvalue weighted by Gasteiger charge is 2.49. The van der Waals surface area contributed by atoms with Crippen LogP contribution in [-0.2, 0) is 14.0 Å². The maximum Gasteiger partial charge on any atom is 0.164 e. The molecule has 0 aromatic rings. The third-order valence-electron chi connectivity index (χ3n) is 2.53. The molecule has 5 heteroatoms. The quantitative estimate of drug-likeness (QED) is 0.592. The molecule has 0 aromatic heterocycles. The molecular weight excluding hydrogens is 227 g/mol. The molecule has 16 heavy (non-hydrogen) atoms. The zero-order valence-corrected chi connectivity index (χ0v) is 10.4. The van der Waals surface area contributed by atoms with Crippen LogP contribution in [0.1, 0.15) is 13.8 Å². The minimum atomic E-state index is -1.38. The molecule has 1 rings (SSSR count). The van der Waals surface area contributed by atoms with Crippen molar-refractivity contribution in [3.63, 3.8) is 0 Å². The number of aliphatic hydroxyl groups is 1. The SMILES string of the molecule is C=C[C@@H]1OC(C)(C)O[C@@H]1C(O)(C=C)CP=O. The molecule has 0 aliphatic carbocycles. The van der Waals surface area contributed by atoms with Gasteiger partial charge in [-0.05, 0) is 13.8 Å². The van der Waals surface area contributed by atoms with Crippen LogP contribution in [-0.4, -0.2) is 34.9 Å². The van der Waals surface area contributed by atoms with Gasteiger partial charge in [0.05, 0.1) is 6.16 Å². The Bertz CT molecular complexity index is 302. The van der Waals surface area contributed by atoms with Crippen molar-refractivity contribution in [2.45, 2.75) is 37.4 Å². The molecule has 1 aliphatic heterocycles. The van der Waals surface area contributed by atoms with E-state index in [-0.39, 0.29) is 14.6 Å². The van der Waals surface area contributed by atoms with E-state index in [1.807, 2.05) is 0 Å². The van der Waals surface area contributed by atoms with Gasteiger partial charge in [0.25, 0.3) is 0 Å². The first-order chi connectivity index (χ1) is 7.38. The average Bonchev–Trinajstić information content (AvgIpc) is 2.54. The molecule has 0 bridgehead atoms. The first-order valence-corrected chi connectivity index (χ1v) is 6.01. The Labute approximate surface area is 97.1 Å². The molecule has 1 heterocycles. The van der Waals surface area contributed by atoms with Gasteiger partial charge in [0.1, 0.15) is 17.8 Å². The fourth-order valence-corrected chi connectivity index (χ4v) is 2.24. The summed E-state index contributed by atoms with van der Waals surface area (Å²) in [6.45, 7) is 10.7. The van der Waals surface area contributed by atoms with E-state index in [1.54, 1.807) is 19.9 Å². The highest BCUT2D eigenvalue weighted by Crippen LogP contribution is 2.36. The van der Waals surface area contributed by atoms with Crippen molar-refractivity contribution in [2.24, 2.45) is 0 Å². The molecule has 0 saturated carbocycles. The van der Waals surface area contributed by atoms with Gasteiger partial charge < -0.3 is 14.6 Å². The lowest BCUT2D eigenvalue weighted by atomic mass is 9.94. The highest BCUT2D eigenvalue weighted by atomic mass is 31.1. The summed E-state index contributed by atoms with van der Waals surface area (Å²) in [4.78, 5) is 0. The van der Waals surface area contributed by atoms with E-state index in [1.165, 1.54) is 6.08 Å². The van der Waals surface area contributed by atoms with E-state index >= 15 is 0 Å². The Morgan fingerprint density at radius 2 is 2.12 bits per heavy atom. The number of ether oxygens (including phenoxy) is 2. The minimum Gasteiger partial charge on any atom is -0.382 e. The molecule has 0 spiro atoms. The summed E-state index contributed by atoms with van der Waals surface area (Å²) in [6, 6.07) is 0. The van der Waals surface area contributed by atoms with Crippen LogP contribution in [0.5, 0.6) is 0 Å². The predicted octanol–water partition coefficient (Wildman–Crippen LogP) is 1.90. The van der Waals surface area contributed by atoms with Gasteiger partial charge in [-0.25, -0.2) is 0 Å². The minimum absolute atomic E-state index is 0.0188. The van der Waals surface area contributed by atoms with Crippen molar-refractivity contribution in [1.82, 2.24) is 0 Å². The van der Waals surface area contributed by atoms with Crippen LogP contribution in [0, 0.1) is 0 Å². The first-order valence-electron chi connectivity index (χ1n) is 5.02. The molecule has 1 saturated heterocycles. The predicted molar refractivity (Wildman–Crippen MR) is 61.6 cm³/mol. The monoisotopic (exact) mass is 244 g/mol. The summed E-state index contributed by atoms with van der Waals surface area (Å²) in [7, 11) is -0.167. The summed E-state index contributed by atoms with van der Waals surface area (Å²) >= 11 is 0. The first kappa shape index (κ1) is 13.5. The van der Waals surface area contributed by atoms with E-state index in [4.69, 9.17) is 9.47 Å².